The molecule has 2 saturated carbocycles. The number of rotatable bonds is 8. The van der Waals surface area contributed by atoms with Gasteiger partial charge in [-0.2, -0.15) is 0 Å². The summed E-state index contributed by atoms with van der Waals surface area (Å²) in [7, 11) is 0. The van der Waals surface area contributed by atoms with Crippen molar-refractivity contribution in [3.05, 3.63) is 71.3 Å². The lowest BCUT2D eigenvalue weighted by Crippen LogP contribution is -2.04. The van der Waals surface area contributed by atoms with Gasteiger partial charge in [0.25, 0.3) is 0 Å². The predicted octanol–water partition coefficient (Wildman–Crippen LogP) is 7.56. The summed E-state index contributed by atoms with van der Waals surface area (Å²) < 4.78 is 31.1. The molecule has 3 aromatic carbocycles. The lowest BCUT2D eigenvalue weighted by Gasteiger charge is -2.17. The Hall–Kier alpha value is -2.88. The molecule has 166 valence electrons. The fourth-order valence-electron chi connectivity index (χ4n) is 4.29. The van der Waals surface area contributed by atoms with Gasteiger partial charge in [0.1, 0.15) is 11.6 Å². The van der Waals surface area contributed by atoms with Crippen LogP contribution < -0.4 is 10.6 Å². The average molecular weight is 433 g/mol. The van der Waals surface area contributed by atoms with E-state index in [4.69, 9.17) is 0 Å². The first-order chi connectivity index (χ1) is 15.5. The van der Waals surface area contributed by atoms with E-state index in [1.807, 2.05) is 48.5 Å². The molecule has 0 bridgehead atoms. The molecule has 0 radical (unpaired) electrons. The smallest absolute Gasteiger partial charge is 0.135 e. The van der Waals surface area contributed by atoms with Crippen molar-refractivity contribution in [3.8, 4) is 22.3 Å². The van der Waals surface area contributed by atoms with Gasteiger partial charge < -0.3 is 10.6 Å². The molecule has 32 heavy (non-hydrogen) atoms. The Labute approximate surface area is 189 Å². The molecule has 2 fully saturated rings. The highest BCUT2D eigenvalue weighted by Crippen LogP contribution is 2.39. The molecule has 0 unspecified atom stereocenters. The Morgan fingerprint density at radius 2 is 0.969 bits per heavy atom. The van der Waals surface area contributed by atoms with Crippen LogP contribution in [0.2, 0.25) is 0 Å². The van der Waals surface area contributed by atoms with Crippen LogP contribution in [0.25, 0.3) is 22.3 Å². The van der Waals surface area contributed by atoms with Gasteiger partial charge in [-0.15, -0.1) is 0 Å². The minimum Gasteiger partial charge on any atom is -0.385 e. The standard InChI is InChI=1S/C28H30F2N2/c1-17-25(21-7-11-23(12-8-21)31-15-19-3-4-19)28(30)18(2)26(27(17)29)22-9-13-24(14-10-22)32-16-20-5-6-20/h7-14,19-20,31-32H,3-6,15-16H2,1-2H3. The van der Waals surface area contributed by atoms with Crippen LogP contribution >= 0.6 is 0 Å². The predicted molar refractivity (Wildman–Crippen MR) is 129 cm³/mol. The maximum atomic E-state index is 15.5. The van der Waals surface area contributed by atoms with Crippen molar-refractivity contribution in [2.24, 2.45) is 11.8 Å². The highest BCUT2D eigenvalue weighted by Gasteiger charge is 2.23. The molecule has 0 atom stereocenters. The molecule has 0 saturated heterocycles. The van der Waals surface area contributed by atoms with Crippen molar-refractivity contribution < 1.29 is 8.78 Å². The third-order valence-electron chi connectivity index (χ3n) is 6.78. The van der Waals surface area contributed by atoms with Gasteiger partial charge in [-0.3, -0.25) is 0 Å². The summed E-state index contributed by atoms with van der Waals surface area (Å²) in [6, 6.07) is 15.3. The van der Waals surface area contributed by atoms with Crippen LogP contribution in [0.3, 0.4) is 0 Å². The van der Waals surface area contributed by atoms with E-state index in [1.165, 1.54) is 25.7 Å². The third kappa shape index (κ3) is 4.36. The molecule has 0 heterocycles. The molecule has 2 aliphatic rings. The molecular formula is C28H30F2N2. The van der Waals surface area contributed by atoms with Crippen LogP contribution in [-0.2, 0) is 0 Å². The maximum Gasteiger partial charge on any atom is 0.135 e. The van der Waals surface area contributed by atoms with Crippen molar-refractivity contribution in [2.75, 3.05) is 23.7 Å². The fraction of sp³-hybridized carbons (Fsp3) is 0.357. The Kier molecular flexibility index (Phi) is 5.62. The summed E-state index contributed by atoms with van der Waals surface area (Å²) in [5.41, 5.74) is 4.82. The van der Waals surface area contributed by atoms with Gasteiger partial charge in [0, 0.05) is 35.6 Å². The molecule has 0 aromatic heterocycles. The Bertz CT molecular complexity index is 992. The molecule has 0 spiro atoms. The van der Waals surface area contributed by atoms with E-state index in [-0.39, 0.29) is 11.6 Å². The first kappa shape index (κ1) is 21.0. The summed E-state index contributed by atoms with van der Waals surface area (Å²) in [5, 5.41) is 6.84. The van der Waals surface area contributed by atoms with Gasteiger partial charge in [-0.25, -0.2) is 8.78 Å². The van der Waals surface area contributed by atoms with Gasteiger partial charge >= 0.3 is 0 Å². The van der Waals surface area contributed by atoms with E-state index >= 15 is 8.78 Å². The van der Waals surface area contributed by atoms with Crippen molar-refractivity contribution in [3.63, 3.8) is 0 Å². The van der Waals surface area contributed by atoms with Crippen LogP contribution in [0, 0.1) is 37.3 Å². The first-order valence-electron chi connectivity index (χ1n) is 11.7. The molecule has 2 aliphatic carbocycles. The van der Waals surface area contributed by atoms with E-state index in [0.717, 1.165) is 36.3 Å². The average Bonchev–Trinajstić information content (AvgIpc) is 3.72. The Morgan fingerprint density at radius 1 is 0.625 bits per heavy atom. The number of hydrogen-bond donors (Lipinski definition) is 2. The summed E-state index contributed by atoms with van der Waals surface area (Å²) in [6.45, 7) is 5.29. The molecule has 0 aliphatic heterocycles. The zero-order chi connectivity index (χ0) is 22.2. The molecule has 2 nitrogen and oxygen atoms in total. The molecular weight excluding hydrogens is 402 g/mol. The zero-order valence-corrected chi connectivity index (χ0v) is 18.8. The van der Waals surface area contributed by atoms with E-state index in [9.17, 15) is 0 Å². The number of nitrogens with one attached hydrogen (secondary N) is 2. The maximum absolute atomic E-state index is 15.5. The fourth-order valence-corrected chi connectivity index (χ4v) is 4.29. The van der Waals surface area contributed by atoms with Gasteiger partial charge in [0.15, 0.2) is 0 Å². The minimum absolute atomic E-state index is 0.345. The summed E-state index contributed by atoms with van der Waals surface area (Å²) >= 11 is 0. The van der Waals surface area contributed by atoms with E-state index in [1.54, 1.807) is 13.8 Å². The van der Waals surface area contributed by atoms with Gasteiger partial charge in [0.2, 0.25) is 0 Å². The summed E-state index contributed by atoms with van der Waals surface area (Å²) in [5.74, 6) is 0.852. The summed E-state index contributed by atoms with van der Waals surface area (Å²) in [4.78, 5) is 0. The zero-order valence-electron chi connectivity index (χ0n) is 18.8. The lowest BCUT2D eigenvalue weighted by atomic mass is 9.90. The van der Waals surface area contributed by atoms with Crippen molar-refractivity contribution in [1.82, 2.24) is 0 Å². The highest BCUT2D eigenvalue weighted by molar-refractivity contribution is 5.79. The van der Waals surface area contributed by atoms with Crippen LogP contribution in [0.15, 0.2) is 48.5 Å². The largest absolute Gasteiger partial charge is 0.385 e. The molecule has 2 N–H and O–H groups in total. The van der Waals surface area contributed by atoms with E-state index in [2.05, 4.69) is 10.6 Å². The molecule has 5 rings (SSSR count). The normalized spacial score (nSPS) is 15.6. The van der Waals surface area contributed by atoms with Crippen molar-refractivity contribution >= 4 is 11.4 Å². The Morgan fingerprint density at radius 3 is 1.28 bits per heavy atom. The number of halogens is 2. The van der Waals surface area contributed by atoms with Crippen LogP contribution in [0.4, 0.5) is 20.2 Å². The van der Waals surface area contributed by atoms with Gasteiger partial charge in [-0.1, -0.05) is 24.3 Å². The Balaban J connectivity index is 1.42. The minimum atomic E-state index is -0.353. The van der Waals surface area contributed by atoms with Gasteiger partial charge in [0.05, 0.1) is 0 Å². The molecule has 0 amide bonds. The van der Waals surface area contributed by atoms with Crippen LogP contribution in [0.5, 0.6) is 0 Å². The third-order valence-corrected chi connectivity index (χ3v) is 6.78. The van der Waals surface area contributed by atoms with E-state index in [0.29, 0.717) is 33.4 Å². The first-order valence-corrected chi connectivity index (χ1v) is 11.7. The lowest BCUT2D eigenvalue weighted by molar-refractivity contribution is 0.592. The van der Waals surface area contributed by atoms with E-state index < -0.39 is 0 Å². The van der Waals surface area contributed by atoms with Crippen LogP contribution in [0.1, 0.15) is 36.8 Å². The number of benzene rings is 3. The number of anilines is 2. The second kappa shape index (κ2) is 8.57. The highest BCUT2D eigenvalue weighted by atomic mass is 19.1. The summed E-state index contributed by atoms with van der Waals surface area (Å²) in [6.07, 6.45) is 5.17. The van der Waals surface area contributed by atoms with Gasteiger partial charge in [-0.05, 0) is 97.9 Å². The number of hydrogen-bond acceptors (Lipinski definition) is 2. The molecule has 3 aromatic rings. The topological polar surface area (TPSA) is 24.1 Å². The molecule has 4 heteroatoms. The van der Waals surface area contributed by atoms with Crippen LogP contribution in [-0.4, -0.2) is 13.1 Å². The monoisotopic (exact) mass is 432 g/mol. The SMILES string of the molecule is Cc1c(F)c(-c2ccc(NCC3CC3)cc2)c(C)c(F)c1-c1ccc(NCC2CC2)cc1. The van der Waals surface area contributed by atoms with Crippen molar-refractivity contribution in [1.29, 1.82) is 0 Å². The second-order valence-corrected chi connectivity index (χ2v) is 9.43. The van der Waals surface area contributed by atoms with Crippen molar-refractivity contribution in [2.45, 2.75) is 39.5 Å². The second-order valence-electron chi connectivity index (χ2n) is 9.43. The quantitative estimate of drug-likeness (QED) is 0.384.